The van der Waals surface area contributed by atoms with Gasteiger partial charge in [0.05, 0.1) is 6.61 Å². The number of Topliss-reactive ketones (excluding diaryl/α,β-unsaturated/α-hetero) is 1. The monoisotopic (exact) mass is 256 g/mol. The fourth-order valence-electron chi connectivity index (χ4n) is 1.75. The Morgan fingerprint density at radius 1 is 1.28 bits per heavy atom. The summed E-state index contributed by atoms with van der Waals surface area (Å²) in [5.41, 5.74) is 0.307. The Balaban J connectivity index is 2.66. The van der Waals surface area contributed by atoms with Crippen LogP contribution in [0.25, 0.3) is 0 Å². The van der Waals surface area contributed by atoms with Crippen molar-refractivity contribution in [1.29, 1.82) is 0 Å². The number of carbonyl (C=O) groups excluding carboxylic acids is 1. The molecule has 100 valence electrons. The van der Waals surface area contributed by atoms with E-state index in [1.165, 1.54) is 13.0 Å². The van der Waals surface area contributed by atoms with Gasteiger partial charge in [-0.2, -0.15) is 0 Å². The van der Waals surface area contributed by atoms with Crippen LogP contribution < -0.4 is 4.74 Å². The van der Waals surface area contributed by atoms with Crippen molar-refractivity contribution in [3.63, 3.8) is 0 Å². The molecule has 0 aliphatic heterocycles. The fourth-order valence-corrected chi connectivity index (χ4v) is 1.75. The average molecular weight is 256 g/mol. The number of ether oxygens (including phenoxy) is 1. The van der Waals surface area contributed by atoms with Gasteiger partial charge in [-0.15, -0.1) is 0 Å². The topological polar surface area (TPSA) is 26.3 Å². The quantitative estimate of drug-likeness (QED) is 0.696. The second-order valence-corrected chi connectivity index (χ2v) is 4.22. The lowest BCUT2D eigenvalue weighted by Gasteiger charge is -2.09. The first-order chi connectivity index (χ1) is 8.54. The van der Waals surface area contributed by atoms with Crippen molar-refractivity contribution in [3.05, 3.63) is 29.3 Å². The number of benzene rings is 1. The molecule has 0 N–H and O–H groups in total. The number of aryl methyl sites for hydroxylation is 1. The van der Waals surface area contributed by atoms with Gasteiger partial charge < -0.3 is 9.53 Å². The van der Waals surface area contributed by atoms with Crippen LogP contribution in [0.3, 0.4) is 0 Å². The van der Waals surface area contributed by atoms with E-state index < -0.39 is 11.6 Å². The van der Waals surface area contributed by atoms with Gasteiger partial charge in [-0.1, -0.05) is 0 Å². The first-order valence-electron chi connectivity index (χ1n) is 6.14. The molecule has 0 aliphatic rings. The number of halogens is 2. The summed E-state index contributed by atoms with van der Waals surface area (Å²) in [5.74, 6) is -0.925. The molecule has 0 saturated heterocycles. The van der Waals surface area contributed by atoms with Gasteiger partial charge in [0, 0.05) is 12.5 Å². The number of unbranched alkanes of at least 4 members (excludes halogenated alkanes) is 1. The molecule has 1 aromatic rings. The van der Waals surface area contributed by atoms with Gasteiger partial charge in [0.25, 0.3) is 0 Å². The average Bonchev–Trinajstić information content (AvgIpc) is 2.30. The maximum Gasteiger partial charge on any atom is 0.168 e. The van der Waals surface area contributed by atoms with Crippen molar-refractivity contribution in [3.8, 4) is 5.75 Å². The highest BCUT2D eigenvalue weighted by molar-refractivity contribution is 5.75. The van der Waals surface area contributed by atoms with Crippen LogP contribution in [-0.4, -0.2) is 12.4 Å². The molecule has 0 amide bonds. The first kappa shape index (κ1) is 14.6. The fraction of sp³-hybridized carbons (Fsp3) is 0.500. The minimum absolute atomic E-state index is 0.0425. The predicted octanol–water partition coefficient (Wildman–Crippen LogP) is 3.67. The van der Waals surface area contributed by atoms with Crippen LogP contribution in [0, 0.1) is 11.6 Å². The molecule has 0 atom stereocenters. The SMILES string of the molecule is CCOc1cc(F)cc(CCCCC(C)=O)c1F. The van der Waals surface area contributed by atoms with Crippen molar-refractivity contribution in [2.24, 2.45) is 0 Å². The molecule has 2 nitrogen and oxygen atoms in total. The zero-order valence-electron chi connectivity index (χ0n) is 10.8. The number of ketones is 1. The van der Waals surface area contributed by atoms with E-state index in [1.54, 1.807) is 6.92 Å². The number of hydrogen-bond donors (Lipinski definition) is 0. The van der Waals surface area contributed by atoms with E-state index >= 15 is 0 Å². The van der Waals surface area contributed by atoms with Gasteiger partial charge in [-0.3, -0.25) is 0 Å². The molecule has 0 bridgehead atoms. The standard InChI is InChI=1S/C14H18F2O2/c1-3-18-13-9-12(15)8-11(14(13)16)7-5-4-6-10(2)17/h8-9H,3-7H2,1-2H3. The van der Waals surface area contributed by atoms with E-state index in [4.69, 9.17) is 4.74 Å². The summed E-state index contributed by atoms with van der Waals surface area (Å²) in [6, 6.07) is 2.24. The normalized spacial score (nSPS) is 10.4. The van der Waals surface area contributed by atoms with Gasteiger partial charge in [0.2, 0.25) is 0 Å². The maximum atomic E-state index is 13.9. The Kier molecular flexibility index (Phi) is 5.75. The van der Waals surface area contributed by atoms with Crippen molar-refractivity contribution in [1.82, 2.24) is 0 Å². The van der Waals surface area contributed by atoms with Crippen molar-refractivity contribution in [2.75, 3.05) is 6.61 Å². The lowest BCUT2D eigenvalue weighted by Crippen LogP contribution is -2.00. The summed E-state index contributed by atoms with van der Waals surface area (Å²) in [6.07, 6.45) is 2.24. The highest BCUT2D eigenvalue weighted by Gasteiger charge is 2.11. The van der Waals surface area contributed by atoms with Crippen molar-refractivity contribution < 1.29 is 18.3 Å². The molecule has 0 fully saturated rings. The second kappa shape index (κ2) is 7.09. The molecule has 4 heteroatoms. The van der Waals surface area contributed by atoms with Crippen LogP contribution in [0.4, 0.5) is 8.78 Å². The van der Waals surface area contributed by atoms with Crippen LogP contribution >= 0.6 is 0 Å². The molecule has 0 saturated carbocycles. The van der Waals surface area contributed by atoms with Gasteiger partial charge in [0.1, 0.15) is 11.6 Å². The van der Waals surface area contributed by atoms with Gasteiger partial charge in [0.15, 0.2) is 11.6 Å². The molecule has 0 heterocycles. The highest BCUT2D eigenvalue weighted by Crippen LogP contribution is 2.24. The van der Waals surface area contributed by atoms with Crippen LogP contribution in [0.15, 0.2) is 12.1 Å². The van der Waals surface area contributed by atoms with E-state index in [1.807, 2.05) is 0 Å². The molecule has 0 radical (unpaired) electrons. The number of hydrogen-bond acceptors (Lipinski definition) is 2. The first-order valence-corrected chi connectivity index (χ1v) is 6.14. The van der Waals surface area contributed by atoms with E-state index in [9.17, 15) is 13.6 Å². The number of carbonyl (C=O) groups is 1. The Morgan fingerprint density at radius 2 is 2.00 bits per heavy atom. The van der Waals surface area contributed by atoms with Gasteiger partial charge in [-0.05, 0) is 44.7 Å². The Labute approximate surface area is 106 Å². The van der Waals surface area contributed by atoms with E-state index in [0.29, 0.717) is 37.9 Å². The third-order valence-corrected chi connectivity index (χ3v) is 2.60. The van der Waals surface area contributed by atoms with E-state index in [0.717, 1.165) is 6.07 Å². The van der Waals surface area contributed by atoms with Crippen LogP contribution in [-0.2, 0) is 11.2 Å². The Hall–Kier alpha value is -1.45. The smallest absolute Gasteiger partial charge is 0.168 e. The zero-order chi connectivity index (χ0) is 13.5. The lowest BCUT2D eigenvalue weighted by molar-refractivity contribution is -0.117. The summed E-state index contributed by atoms with van der Waals surface area (Å²) >= 11 is 0. The van der Waals surface area contributed by atoms with Crippen molar-refractivity contribution in [2.45, 2.75) is 39.5 Å². The molecule has 0 aromatic heterocycles. The van der Waals surface area contributed by atoms with Crippen LogP contribution in [0.5, 0.6) is 5.75 Å². The summed E-state index contributed by atoms with van der Waals surface area (Å²) in [7, 11) is 0. The van der Waals surface area contributed by atoms with Gasteiger partial charge >= 0.3 is 0 Å². The molecule has 0 unspecified atom stereocenters. The minimum Gasteiger partial charge on any atom is -0.491 e. The Morgan fingerprint density at radius 3 is 2.61 bits per heavy atom. The zero-order valence-corrected chi connectivity index (χ0v) is 10.8. The summed E-state index contributed by atoms with van der Waals surface area (Å²) < 4.78 is 32.2. The Bertz CT molecular complexity index is 417. The molecule has 1 aromatic carbocycles. The third-order valence-electron chi connectivity index (χ3n) is 2.60. The number of rotatable bonds is 7. The van der Waals surface area contributed by atoms with Crippen LogP contribution in [0.2, 0.25) is 0 Å². The predicted molar refractivity (Wildman–Crippen MR) is 65.8 cm³/mol. The second-order valence-electron chi connectivity index (χ2n) is 4.22. The summed E-state index contributed by atoms with van der Waals surface area (Å²) in [4.78, 5) is 10.8. The molecular weight excluding hydrogens is 238 g/mol. The summed E-state index contributed by atoms with van der Waals surface area (Å²) in [6.45, 7) is 3.54. The molecule has 0 spiro atoms. The minimum atomic E-state index is -0.499. The third kappa shape index (κ3) is 4.43. The van der Waals surface area contributed by atoms with Gasteiger partial charge in [-0.25, -0.2) is 8.78 Å². The largest absolute Gasteiger partial charge is 0.491 e. The van der Waals surface area contributed by atoms with Crippen LogP contribution in [0.1, 0.15) is 38.7 Å². The van der Waals surface area contributed by atoms with Crippen molar-refractivity contribution >= 4 is 5.78 Å². The lowest BCUT2D eigenvalue weighted by atomic mass is 10.0. The van der Waals surface area contributed by atoms with E-state index in [2.05, 4.69) is 0 Å². The maximum absolute atomic E-state index is 13.9. The molecular formula is C14H18F2O2. The summed E-state index contributed by atoms with van der Waals surface area (Å²) in [5, 5.41) is 0. The molecule has 18 heavy (non-hydrogen) atoms. The van der Waals surface area contributed by atoms with E-state index in [-0.39, 0.29) is 11.5 Å². The molecule has 0 aliphatic carbocycles. The highest BCUT2D eigenvalue weighted by atomic mass is 19.1. The molecule has 1 rings (SSSR count).